The summed E-state index contributed by atoms with van der Waals surface area (Å²) in [6.45, 7) is 9.73. The molecule has 2 aromatic carbocycles. The summed E-state index contributed by atoms with van der Waals surface area (Å²) in [5.74, 6) is 0.991. The Bertz CT molecular complexity index is 1610. The molecule has 4 aliphatic heterocycles. The fourth-order valence-electron chi connectivity index (χ4n) is 7.76. The molecule has 2 aromatic rings. The number of benzene rings is 2. The third-order valence-electron chi connectivity index (χ3n) is 10.5. The summed E-state index contributed by atoms with van der Waals surface area (Å²) < 4.78 is 58.9. The monoisotopic (exact) mass is 733 g/mol. The fourth-order valence-corrected chi connectivity index (χ4v) is 10.1. The molecular formula is C37H49ClFN3O5S2. The highest BCUT2D eigenvalue weighted by atomic mass is 35.5. The van der Waals surface area contributed by atoms with Gasteiger partial charge in [0.1, 0.15) is 22.6 Å². The SMILES string of the molecule is CCCc1c(C2COc3ccc4cc3N(CCC(CC)[C@@H](OCCN3CCCS3=O)C3=C[C@@H](C3)CC(C)S(=O)NC4=O)C2)ccc(Cl)c1F. The largest absolute Gasteiger partial charge is 0.491 e. The van der Waals surface area contributed by atoms with Gasteiger partial charge < -0.3 is 14.4 Å². The molecule has 268 valence electrons. The molecule has 8 nitrogen and oxygen atoms in total. The lowest BCUT2D eigenvalue weighted by atomic mass is 9.76. The van der Waals surface area contributed by atoms with Crippen molar-refractivity contribution in [1.82, 2.24) is 9.03 Å². The molecule has 1 N–H and O–H groups in total. The van der Waals surface area contributed by atoms with E-state index in [0.29, 0.717) is 62.6 Å². The number of nitrogens with zero attached hydrogens (tertiary/aromatic N) is 2. The molecule has 0 radical (unpaired) electrons. The number of rotatable bonds is 8. The minimum atomic E-state index is -1.55. The van der Waals surface area contributed by atoms with Crippen molar-refractivity contribution in [2.75, 3.05) is 50.0 Å². The summed E-state index contributed by atoms with van der Waals surface area (Å²) in [7, 11) is -2.48. The van der Waals surface area contributed by atoms with Crippen LogP contribution in [0.1, 0.15) is 86.7 Å². The minimum Gasteiger partial charge on any atom is -0.491 e. The van der Waals surface area contributed by atoms with Gasteiger partial charge in [0.05, 0.1) is 46.3 Å². The Morgan fingerprint density at radius 3 is 2.71 bits per heavy atom. The van der Waals surface area contributed by atoms with Gasteiger partial charge >= 0.3 is 0 Å². The van der Waals surface area contributed by atoms with Gasteiger partial charge in [-0.05, 0) is 91.8 Å². The van der Waals surface area contributed by atoms with E-state index >= 15 is 4.39 Å². The van der Waals surface area contributed by atoms with Crippen LogP contribution in [-0.4, -0.2) is 75.1 Å². The van der Waals surface area contributed by atoms with Crippen molar-refractivity contribution in [1.29, 1.82) is 0 Å². The first kappa shape index (κ1) is 36.5. The number of anilines is 1. The van der Waals surface area contributed by atoms with Crippen LogP contribution >= 0.6 is 11.6 Å². The zero-order chi connectivity index (χ0) is 34.7. The van der Waals surface area contributed by atoms with E-state index in [0.717, 1.165) is 55.7 Å². The first-order valence-electron chi connectivity index (χ1n) is 17.8. The summed E-state index contributed by atoms with van der Waals surface area (Å²) in [5.41, 5.74) is 4.00. The smallest absolute Gasteiger partial charge is 0.263 e. The lowest BCUT2D eigenvalue weighted by Gasteiger charge is -2.38. The zero-order valence-electron chi connectivity index (χ0n) is 28.8. The number of carbonyl (C=O) groups excluding carboxylic acids is 1. The van der Waals surface area contributed by atoms with E-state index in [9.17, 15) is 13.2 Å². The lowest BCUT2D eigenvalue weighted by molar-refractivity contribution is 0.0226. The van der Waals surface area contributed by atoms with Crippen LogP contribution in [0, 0.1) is 17.7 Å². The maximum Gasteiger partial charge on any atom is 0.263 e. The Labute approximate surface area is 300 Å². The molecule has 5 aliphatic rings. The van der Waals surface area contributed by atoms with E-state index in [4.69, 9.17) is 21.1 Å². The van der Waals surface area contributed by atoms with E-state index in [1.807, 2.05) is 36.4 Å². The Hall–Kier alpha value is -2.31. The second-order valence-corrected chi connectivity index (χ2v) is 17.4. The molecule has 1 fully saturated rings. The standard InChI is InChI=1S/C37H49ClFN3O5S2/c1-4-7-31-30(9-10-32(38)35(31)39)29-22-41-14-12-26(5-2)36(46-16-15-42-13-6-17-48(42)44)28-19-25(20-28)18-24(3)49(45)40-37(43)27-8-11-34(47-23-29)33(41)21-27/h8-11,19,21,24-26,29,36H,4-7,12-18,20,22-23H2,1-3H3,(H,40,43)/t24?,25-,26?,29?,36+,48?,49?/m0/s1. The predicted molar refractivity (Wildman–Crippen MR) is 196 cm³/mol. The molecule has 5 unspecified atom stereocenters. The van der Waals surface area contributed by atoms with Crippen LogP contribution in [0.15, 0.2) is 42.0 Å². The van der Waals surface area contributed by atoms with E-state index in [1.54, 1.807) is 12.1 Å². The molecule has 4 bridgehead atoms. The highest BCUT2D eigenvalue weighted by Crippen LogP contribution is 2.41. The molecule has 1 aliphatic carbocycles. The van der Waals surface area contributed by atoms with Crippen molar-refractivity contribution in [3.63, 3.8) is 0 Å². The third-order valence-corrected chi connectivity index (χ3v) is 13.7. The molecule has 7 rings (SSSR count). The number of hydrogen-bond acceptors (Lipinski definition) is 6. The number of amides is 1. The molecule has 1 saturated heterocycles. The third kappa shape index (κ3) is 8.27. The number of nitrogens with one attached hydrogen (secondary N) is 1. The zero-order valence-corrected chi connectivity index (χ0v) is 31.1. The van der Waals surface area contributed by atoms with Gasteiger partial charge in [-0.3, -0.25) is 9.52 Å². The topological polar surface area (TPSA) is 88.2 Å². The van der Waals surface area contributed by atoms with Crippen LogP contribution in [0.4, 0.5) is 10.1 Å². The van der Waals surface area contributed by atoms with Crippen LogP contribution in [0.3, 0.4) is 0 Å². The minimum absolute atomic E-state index is 0.0722. The van der Waals surface area contributed by atoms with E-state index < -0.39 is 22.0 Å². The van der Waals surface area contributed by atoms with Crippen LogP contribution in [0.25, 0.3) is 0 Å². The number of ether oxygens (including phenoxy) is 2. The second kappa shape index (κ2) is 16.4. The summed E-state index contributed by atoms with van der Waals surface area (Å²) in [4.78, 5) is 15.7. The highest BCUT2D eigenvalue weighted by Gasteiger charge is 2.35. The molecule has 7 atom stereocenters. The first-order valence-corrected chi connectivity index (χ1v) is 20.7. The summed E-state index contributed by atoms with van der Waals surface area (Å²) in [6, 6.07) is 8.93. The highest BCUT2D eigenvalue weighted by molar-refractivity contribution is 7.84. The molecule has 0 aromatic heterocycles. The van der Waals surface area contributed by atoms with Gasteiger partial charge in [-0.15, -0.1) is 0 Å². The summed E-state index contributed by atoms with van der Waals surface area (Å²) in [5, 5.41) is -0.0950. The molecule has 1 amide bonds. The normalized spacial score (nSPS) is 29.4. The molecule has 49 heavy (non-hydrogen) atoms. The number of halogens is 2. The lowest BCUT2D eigenvalue weighted by Crippen LogP contribution is -2.38. The quantitative estimate of drug-likeness (QED) is 0.304. The Morgan fingerprint density at radius 1 is 1.16 bits per heavy atom. The van der Waals surface area contributed by atoms with Crippen molar-refractivity contribution < 1.29 is 27.1 Å². The average Bonchev–Trinajstić information content (AvgIpc) is 3.39. The van der Waals surface area contributed by atoms with E-state index in [1.165, 1.54) is 5.57 Å². The average molecular weight is 734 g/mol. The maximum atomic E-state index is 15.4. The van der Waals surface area contributed by atoms with Crippen LogP contribution in [0.5, 0.6) is 5.75 Å². The second-order valence-electron chi connectivity index (χ2n) is 13.9. The van der Waals surface area contributed by atoms with Gasteiger partial charge in [0.2, 0.25) is 0 Å². The van der Waals surface area contributed by atoms with Gasteiger partial charge in [-0.2, -0.15) is 0 Å². The molecule has 4 heterocycles. The van der Waals surface area contributed by atoms with Crippen molar-refractivity contribution in [2.45, 2.75) is 83.0 Å². The van der Waals surface area contributed by atoms with Crippen molar-refractivity contribution in [2.24, 2.45) is 11.8 Å². The van der Waals surface area contributed by atoms with E-state index in [2.05, 4.69) is 22.6 Å². The van der Waals surface area contributed by atoms with Crippen molar-refractivity contribution >= 4 is 45.2 Å². The summed E-state index contributed by atoms with van der Waals surface area (Å²) >= 11 is 6.24. The number of allylic oxidation sites excluding steroid dienone is 1. The molecule has 0 saturated carbocycles. The first-order chi connectivity index (χ1) is 23.7. The van der Waals surface area contributed by atoms with Crippen LogP contribution < -0.4 is 14.4 Å². The predicted octanol–water partition coefficient (Wildman–Crippen LogP) is 6.72. The van der Waals surface area contributed by atoms with Crippen molar-refractivity contribution in [3.05, 3.63) is 69.5 Å². The van der Waals surface area contributed by atoms with Gasteiger partial charge in [0, 0.05) is 43.4 Å². The molecular weight excluding hydrogens is 685 g/mol. The van der Waals surface area contributed by atoms with Gasteiger partial charge in [-0.25, -0.2) is 17.1 Å². The van der Waals surface area contributed by atoms with Crippen LogP contribution in [-0.2, 0) is 33.1 Å². The maximum absolute atomic E-state index is 15.4. The van der Waals surface area contributed by atoms with Gasteiger partial charge in [0.25, 0.3) is 5.91 Å². The number of carbonyl (C=O) groups is 1. The van der Waals surface area contributed by atoms with Crippen LogP contribution in [0.2, 0.25) is 5.02 Å². The Kier molecular flexibility index (Phi) is 12.2. The summed E-state index contributed by atoms with van der Waals surface area (Å²) in [6.07, 6.45) is 7.84. The Balaban J connectivity index is 1.33. The van der Waals surface area contributed by atoms with Crippen molar-refractivity contribution in [3.8, 4) is 5.75 Å². The molecule has 0 spiro atoms. The van der Waals surface area contributed by atoms with Gasteiger partial charge in [0.15, 0.2) is 0 Å². The van der Waals surface area contributed by atoms with E-state index in [-0.39, 0.29) is 45.9 Å². The number of fused-ring (bicyclic) bond motifs is 7. The fraction of sp³-hybridized carbons (Fsp3) is 0.595. The molecule has 12 heteroatoms. The Morgan fingerprint density at radius 2 is 1.98 bits per heavy atom. The number of hydrogen-bond donors (Lipinski definition) is 1. The van der Waals surface area contributed by atoms with Gasteiger partial charge in [-0.1, -0.05) is 50.4 Å².